The molecule has 194 valence electrons. The highest BCUT2D eigenvalue weighted by Crippen LogP contribution is 2.49. The van der Waals surface area contributed by atoms with E-state index in [0.29, 0.717) is 30.2 Å². The normalized spacial score (nSPS) is 18.8. The van der Waals surface area contributed by atoms with E-state index in [4.69, 9.17) is 10.00 Å². The second kappa shape index (κ2) is 10.2. The summed E-state index contributed by atoms with van der Waals surface area (Å²) < 4.78 is 5.54. The minimum Gasteiger partial charge on any atom is -0.497 e. The van der Waals surface area contributed by atoms with E-state index in [2.05, 4.69) is 29.8 Å². The fourth-order valence-electron chi connectivity index (χ4n) is 5.55. The summed E-state index contributed by atoms with van der Waals surface area (Å²) in [5, 5.41) is 9.15. The third-order valence-electron chi connectivity index (χ3n) is 7.33. The van der Waals surface area contributed by atoms with Gasteiger partial charge < -0.3 is 14.5 Å². The number of aromatic nitrogens is 1. The predicted octanol–water partition coefficient (Wildman–Crippen LogP) is 4.69. The van der Waals surface area contributed by atoms with Gasteiger partial charge in [-0.15, -0.1) is 0 Å². The van der Waals surface area contributed by atoms with Crippen LogP contribution in [-0.2, 0) is 23.4 Å². The van der Waals surface area contributed by atoms with Crippen molar-refractivity contribution in [3.05, 3.63) is 89.2 Å². The smallest absolute Gasteiger partial charge is 0.328 e. The Morgan fingerprint density at radius 2 is 1.87 bits per heavy atom. The molecule has 3 aromatic rings. The standard InChI is InChI=1S/C30H31N5O3/c1-21(2)18-33-14-12-30(26-11-10-25(38-3)15-27(26)33)28(36)34(19-23-8-6-22(16-31)7-9-23)29(37)35(30)20-24-5-4-13-32-17-24/h4-11,13,15,17,21H,12,14,18-20H2,1-3H3. The van der Waals surface area contributed by atoms with Crippen molar-refractivity contribution in [2.45, 2.75) is 38.9 Å². The number of hydrogen-bond acceptors (Lipinski definition) is 6. The number of urea groups is 1. The molecule has 1 saturated heterocycles. The van der Waals surface area contributed by atoms with Gasteiger partial charge in [0.05, 0.1) is 31.8 Å². The Morgan fingerprint density at radius 3 is 2.53 bits per heavy atom. The first kappa shape index (κ1) is 25.3. The van der Waals surface area contributed by atoms with E-state index in [-0.39, 0.29) is 25.0 Å². The van der Waals surface area contributed by atoms with Crippen molar-refractivity contribution in [1.82, 2.24) is 14.8 Å². The Bertz CT molecular complexity index is 1380. The topological polar surface area (TPSA) is 89.8 Å². The number of imide groups is 1. The van der Waals surface area contributed by atoms with Gasteiger partial charge in [0.25, 0.3) is 5.91 Å². The monoisotopic (exact) mass is 509 g/mol. The van der Waals surface area contributed by atoms with E-state index < -0.39 is 5.54 Å². The molecule has 1 spiro atoms. The van der Waals surface area contributed by atoms with Gasteiger partial charge >= 0.3 is 6.03 Å². The van der Waals surface area contributed by atoms with Gasteiger partial charge in [-0.1, -0.05) is 38.1 Å². The van der Waals surface area contributed by atoms with Crippen LogP contribution in [0.1, 0.15) is 42.5 Å². The van der Waals surface area contributed by atoms with Crippen LogP contribution in [0.25, 0.3) is 0 Å². The van der Waals surface area contributed by atoms with E-state index in [1.165, 1.54) is 4.90 Å². The fourth-order valence-corrected chi connectivity index (χ4v) is 5.55. The van der Waals surface area contributed by atoms with Crippen LogP contribution in [0.3, 0.4) is 0 Å². The maximum absolute atomic E-state index is 14.4. The summed E-state index contributed by atoms with van der Waals surface area (Å²) in [5.74, 6) is 0.898. The van der Waals surface area contributed by atoms with Crippen molar-refractivity contribution in [3.63, 3.8) is 0 Å². The van der Waals surface area contributed by atoms with Crippen LogP contribution in [0.2, 0.25) is 0 Å². The third kappa shape index (κ3) is 4.34. The third-order valence-corrected chi connectivity index (χ3v) is 7.33. The molecule has 2 aliphatic heterocycles. The summed E-state index contributed by atoms with van der Waals surface area (Å²) in [4.78, 5) is 38.0. The Morgan fingerprint density at radius 1 is 1.08 bits per heavy atom. The number of benzene rings is 2. The van der Waals surface area contributed by atoms with Crippen molar-refractivity contribution in [3.8, 4) is 11.8 Å². The van der Waals surface area contributed by atoms with E-state index in [1.807, 2.05) is 30.3 Å². The van der Waals surface area contributed by atoms with Crippen LogP contribution in [0.15, 0.2) is 67.0 Å². The number of nitriles is 1. The highest BCUT2D eigenvalue weighted by molar-refractivity contribution is 6.08. The first-order valence-corrected chi connectivity index (χ1v) is 12.8. The van der Waals surface area contributed by atoms with Gasteiger partial charge in [-0.25, -0.2) is 4.79 Å². The molecule has 2 aliphatic rings. The van der Waals surface area contributed by atoms with Crippen LogP contribution in [0, 0.1) is 17.2 Å². The zero-order valence-corrected chi connectivity index (χ0v) is 21.9. The van der Waals surface area contributed by atoms with Gasteiger partial charge in [0.1, 0.15) is 5.75 Å². The predicted molar refractivity (Wildman–Crippen MR) is 143 cm³/mol. The van der Waals surface area contributed by atoms with Crippen molar-refractivity contribution < 1.29 is 14.3 Å². The minimum atomic E-state index is -1.14. The lowest BCUT2D eigenvalue weighted by Gasteiger charge is -2.45. The van der Waals surface area contributed by atoms with Crippen LogP contribution in [0.4, 0.5) is 10.5 Å². The molecular formula is C30H31N5O3. The fraction of sp³-hybridized carbons (Fsp3) is 0.333. The molecule has 3 amide bonds. The number of nitrogens with zero attached hydrogens (tertiary/aromatic N) is 5. The summed E-state index contributed by atoms with van der Waals surface area (Å²) in [5.41, 5.74) is 2.76. The lowest BCUT2D eigenvalue weighted by molar-refractivity contribution is -0.134. The molecule has 8 heteroatoms. The Hall–Kier alpha value is -4.38. The summed E-state index contributed by atoms with van der Waals surface area (Å²) >= 11 is 0. The Kier molecular flexibility index (Phi) is 6.77. The molecule has 0 N–H and O–H groups in total. The summed E-state index contributed by atoms with van der Waals surface area (Å²) in [7, 11) is 1.63. The first-order chi connectivity index (χ1) is 18.4. The van der Waals surface area contributed by atoms with Gasteiger partial charge in [0, 0.05) is 49.2 Å². The molecular weight excluding hydrogens is 478 g/mol. The van der Waals surface area contributed by atoms with Gasteiger partial charge in [-0.2, -0.15) is 5.26 Å². The number of amides is 3. The molecule has 1 fully saturated rings. The molecule has 38 heavy (non-hydrogen) atoms. The summed E-state index contributed by atoms with van der Waals surface area (Å²) in [6.07, 6.45) is 3.91. The minimum absolute atomic E-state index is 0.135. The summed E-state index contributed by atoms with van der Waals surface area (Å²) in [6, 6.07) is 18.3. The Balaban J connectivity index is 1.62. The largest absolute Gasteiger partial charge is 0.497 e. The molecule has 1 atom stereocenters. The van der Waals surface area contributed by atoms with Gasteiger partial charge in [-0.05, 0) is 41.3 Å². The number of rotatable bonds is 7. The number of carbonyl (C=O) groups excluding carboxylic acids is 2. The first-order valence-electron chi connectivity index (χ1n) is 12.8. The van der Waals surface area contributed by atoms with Crippen LogP contribution >= 0.6 is 0 Å². The number of ether oxygens (including phenoxy) is 1. The molecule has 0 bridgehead atoms. The van der Waals surface area contributed by atoms with Crippen molar-refractivity contribution in [2.75, 3.05) is 25.1 Å². The lowest BCUT2D eigenvalue weighted by Crippen LogP contribution is -2.53. The number of hydrogen-bond donors (Lipinski definition) is 0. The average molecular weight is 510 g/mol. The number of carbonyl (C=O) groups is 2. The zero-order chi connectivity index (χ0) is 26.9. The van der Waals surface area contributed by atoms with Crippen molar-refractivity contribution >= 4 is 17.6 Å². The van der Waals surface area contributed by atoms with E-state index in [1.54, 1.807) is 48.7 Å². The molecule has 2 aromatic carbocycles. The SMILES string of the molecule is COc1ccc2c(c1)N(CC(C)C)CCC21C(=O)N(Cc2ccc(C#N)cc2)C(=O)N1Cc1cccnc1. The van der Waals surface area contributed by atoms with Crippen LogP contribution in [0.5, 0.6) is 5.75 Å². The molecule has 0 saturated carbocycles. The number of fused-ring (bicyclic) bond motifs is 2. The van der Waals surface area contributed by atoms with Gasteiger partial charge in [0.2, 0.25) is 0 Å². The Labute approximate surface area is 223 Å². The molecule has 0 aliphatic carbocycles. The van der Waals surface area contributed by atoms with Gasteiger partial charge in [0.15, 0.2) is 5.54 Å². The molecule has 1 unspecified atom stereocenters. The van der Waals surface area contributed by atoms with Crippen LogP contribution < -0.4 is 9.64 Å². The van der Waals surface area contributed by atoms with E-state index >= 15 is 0 Å². The molecule has 0 radical (unpaired) electrons. The van der Waals surface area contributed by atoms with Gasteiger partial charge in [-0.3, -0.25) is 14.7 Å². The highest BCUT2D eigenvalue weighted by atomic mass is 16.5. The van der Waals surface area contributed by atoms with E-state index in [9.17, 15) is 9.59 Å². The lowest BCUT2D eigenvalue weighted by atomic mass is 9.80. The summed E-state index contributed by atoms with van der Waals surface area (Å²) in [6.45, 7) is 6.19. The van der Waals surface area contributed by atoms with Crippen molar-refractivity contribution in [1.29, 1.82) is 5.26 Å². The quantitative estimate of drug-likeness (QED) is 0.430. The van der Waals surface area contributed by atoms with Crippen molar-refractivity contribution in [2.24, 2.45) is 5.92 Å². The van der Waals surface area contributed by atoms with E-state index in [0.717, 1.165) is 28.9 Å². The molecule has 3 heterocycles. The number of anilines is 1. The molecule has 8 nitrogen and oxygen atoms in total. The van der Waals surface area contributed by atoms with Crippen LogP contribution in [-0.4, -0.2) is 46.9 Å². The number of methoxy groups -OCH3 is 1. The maximum Gasteiger partial charge on any atom is 0.328 e. The molecule has 1 aromatic heterocycles. The average Bonchev–Trinajstić information content (AvgIpc) is 3.12. The maximum atomic E-state index is 14.4. The second-order valence-electron chi connectivity index (χ2n) is 10.3. The molecule has 5 rings (SSSR count). The second-order valence-corrected chi connectivity index (χ2v) is 10.3. The highest BCUT2D eigenvalue weighted by Gasteiger charge is 2.60. The number of pyridine rings is 1. The zero-order valence-electron chi connectivity index (χ0n) is 21.9.